The number of nitrogens with one attached hydrogen (secondary N) is 1. The number of hydrogen-bond donors (Lipinski definition) is 2. The van der Waals surface area contributed by atoms with E-state index in [9.17, 15) is 4.79 Å². The van der Waals surface area contributed by atoms with Crippen LogP contribution in [-0.2, 0) is 17.8 Å². The number of carbonyl (C=O) groups is 1. The summed E-state index contributed by atoms with van der Waals surface area (Å²) in [5, 5.41) is 5.50. The molecule has 5 heteroatoms. The lowest BCUT2D eigenvalue weighted by molar-refractivity contribution is -0.120. The molecule has 1 unspecified atom stereocenters. The molecule has 3 nitrogen and oxygen atoms in total. The van der Waals surface area contributed by atoms with Crippen LogP contribution < -0.4 is 5.32 Å². The molecule has 0 aliphatic rings. The molecule has 19 heavy (non-hydrogen) atoms. The lowest BCUT2D eigenvalue weighted by Gasteiger charge is -2.10. The molecule has 100 valence electrons. The number of benzene rings is 1. The summed E-state index contributed by atoms with van der Waals surface area (Å²) in [4.78, 5) is 16.2. The molecule has 0 radical (unpaired) electrons. The van der Waals surface area contributed by atoms with Crippen molar-refractivity contribution in [3.05, 3.63) is 52.0 Å². The summed E-state index contributed by atoms with van der Waals surface area (Å²) in [6, 6.07) is 9.89. The Bertz CT molecular complexity index is 539. The van der Waals surface area contributed by atoms with Gasteiger partial charge in [-0.05, 0) is 18.9 Å². The average Bonchev–Trinajstić information content (AvgIpc) is 2.83. The topological polar surface area (TPSA) is 42.0 Å². The van der Waals surface area contributed by atoms with E-state index in [0.717, 1.165) is 16.3 Å². The number of rotatable bonds is 5. The third kappa shape index (κ3) is 4.36. The van der Waals surface area contributed by atoms with Crippen molar-refractivity contribution in [3.8, 4) is 0 Å². The third-order valence-electron chi connectivity index (χ3n) is 2.68. The van der Waals surface area contributed by atoms with Gasteiger partial charge in [-0.1, -0.05) is 30.3 Å². The highest BCUT2D eigenvalue weighted by molar-refractivity contribution is 7.81. The summed E-state index contributed by atoms with van der Waals surface area (Å²) in [6.07, 6.45) is 0.631. The Hall–Kier alpha value is -1.33. The van der Waals surface area contributed by atoms with E-state index in [1.807, 2.05) is 42.6 Å². The summed E-state index contributed by atoms with van der Waals surface area (Å²) >= 11 is 5.94. The van der Waals surface area contributed by atoms with E-state index in [-0.39, 0.29) is 11.2 Å². The van der Waals surface area contributed by atoms with Gasteiger partial charge in [-0.15, -0.1) is 11.3 Å². The first-order valence-electron chi connectivity index (χ1n) is 6.06. The molecule has 1 heterocycles. The normalized spacial score (nSPS) is 12.1. The van der Waals surface area contributed by atoms with E-state index < -0.39 is 0 Å². The van der Waals surface area contributed by atoms with Crippen LogP contribution in [0.15, 0.2) is 35.7 Å². The minimum absolute atomic E-state index is 0.0576. The van der Waals surface area contributed by atoms with Crippen LogP contribution in [0.2, 0.25) is 0 Å². The molecule has 1 atom stereocenters. The Kier molecular flexibility index (Phi) is 4.99. The third-order valence-corrected chi connectivity index (χ3v) is 3.92. The van der Waals surface area contributed by atoms with Crippen molar-refractivity contribution in [3.63, 3.8) is 0 Å². The van der Waals surface area contributed by atoms with Crippen LogP contribution in [0.25, 0.3) is 0 Å². The number of aromatic nitrogens is 1. The summed E-state index contributed by atoms with van der Waals surface area (Å²) in [7, 11) is 0. The van der Waals surface area contributed by atoms with E-state index in [0.29, 0.717) is 13.0 Å². The molecule has 1 aromatic carbocycles. The highest BCUT2D eigenvalue weighted by atomic mass is 32.1. The van der Waals surface area contributed by atoms with E-state index in [2.05, 4.69) is 22.9 Å². The molecule has 2 aromatic rings. The summed E-state index contributed by atoms with van der Waals surface area (Å²) < 4.78 is 0. The van der Waals surface area contributed by atoms with Gasteiger partial charge in [0.15, 0.2) is 0 Å². The molecule has 2 rings (SSSR count). The fraction of sp³-hybridized carbons (Fsp3) is 0.286. The molecule has 0 bridgehead atoms. The minimum atomic E-state index is -0.331. The van der Waals surface area contributed by atoms with Crippen molar-refractivity contribution in [2.24, 2.45) is 0 Å². The lowest BCUT2D eigenvalue weighted by atomic mass is 10.1. The highest BCUT2D eigenvalue weighted by Crippen LogP contribution is 2.10. The van der Waals surface area contributed by atoms with E-state index >= 15 is 0 Å². The van der Waals surface area contributed by atoms with Gasteiger partial charge >= 0.3 is 0 Å². The van der Waals surface area contributed by atoms with Gasteiger partial charge in [-0.2, -0.15) is 12.6 Å². The maximum absolute atomic E-state index is 11.9. The number of amides is 1. The van der Waals surface area contributed by atoms with Crippen LogP contribution in [0, 0.1) is 6.92 Å². The van der Waals surface area contributed by atoms with Gasteiger partial charge in [0, 0.05) is 5.38 Å². The van der Waals surface area contributed by atoms with E-state index in [1.54, 1.807) is 11.3 Å². The summed E-state index contributed by atoms with van der Waals surface area (Å²) in [6.45, 7) is 2.42. The van der Waals surface area contributed by atoms with Crippen LogP contribution in [0.5, 0.6) is 0 Å². The number of thiazole rings is 1. The zero-order valence-corrected chi connectivity index (χ0v) is 12.4. The standard InChI is InChI=1S/C14H16N2OS2/c1-10-16-12(9-19-10)8-15-14(17)13(18)7-11-5-3-2-4-6-11/h2-6,9,13,18H,7-8H2,1H3,(H,15,17). The highest BCUT2D eigenvalue weighted by Gasteiger charge is 2.14. The largest absolute Gasteiger partial charge is 0.349 e. The minimum Gasteiger partial charge on any atom is -0.349 e. The summed E-state index contributed by atoms with van der Waals surface area (Å²) in [5.41, 5.74) is 2.01. The maximum Gasteiger partial charge on any atom is 0.233 e. The second kappa shape index (κ2) is 6.73. The fourth-order valence-corrected chi connectivity index (χ4v) is 2.63. The zero-order chi connectivity index (χ0) is 13.7. The number of thiol groups is 1. The molecule has 0 fully saturated rings. The van der Waals surface area contributed by atoms with Crippen LogP contribution >= 0.6 is 24.0 Å². The number of hydrogen-bond acceptors (Lipinski definition) is 4. The van der Waals surface area contributed by atoms with Gasteiger partial charge in [0.25, 0.3) is 0 Å². The Morgan fingerprint density at radius 3 is 2.79 bits per heavy atom. The van der Waals surface area contributed by atoms with E-state index in [4.69, 9.17) is 0 Å². The van der Waals surface area contributed by atoms with Crippen molar-refractivity contribution in [2.75, 3.05) is 0 Å². The van der Waals surface area contributed by atoms with Crippen LogP contribution in [-0.4, -0.2) is 16.1 Å². The van der Waals surface area contributed by atoms with Gasteiger partial charge in [0.2, 0.25) is 5.91 Å². The predicted molar refractivity (Wildman–Crippen MR) is 81.6 cm³/mol. The molecule has 0 aliphatic heterocycles. The smallest absolute Gasteiger partial charge is 0.233 e. The van der Waals surface area contributed by atoms with Gasteiger partial charge in [-0.3, -0.25) is 4.79 Å². The first-order valence-corrected chi connectivity index (χ1v) is 7.45. The number of carbonyl (C=O) groups excluding carboxylic acids is 1. The molecule has 0 saturated heterocycles. The fourth-order valence-electron chi connectivity index (χ4n) is 1.71. The molecule has 0 spiro atoms. The Labute approximate surface area is 122 Å². The van der Waals surface area contributed by atoms with Crippen LogP contribution in [0.3, 0.4) is 0 Å². The van der Waals surface area contributed by atoms with Crippen LogP contribution in [0.4, 0.5) is 0 Å². The van der Waals surface area contributed by atoms with E-state index in [1.165, 1.54) is 0 Å². The first kappa shape index (κ1) is 14.1. The second-order valence-electron chi connectivity index (χ2n) is 4.28. The van der Waals surface area contributed by atoms with Gasteiger partial charge in [-0.25, -0.2) is 4.98 Å². The number of nitrogens with zero attached hydrogens (tertiary/aromatic N) is 1. The Morgan fingerprint density at radius 1 is 1.42 bits per heavy atom. The van der Waals surface area contributed by atoms with Gasteiger partial charge in [0.1, 0.15) is 0 Å². The van der Waals surface area contributed by atoms with Crippen LogP contribution in [0.1, 0.15) is 16.3 Å². The predicted octanol–water partition coefficient (Wildman–Crippen LogP) is 2.61. The second-order valence-corrected chi connectivity index (χ2v) is 5.97. The van der Waals surface area contributed by atoms with Crippen molar-refractivity contribution >= 4 is 29.9 Å². The zero-order valence-electron chi connectivity index (χ0n) is 10.7. The Morgan fingerprint density at radius 2 is 2.16 bits per heavy atom. The van der Waals surface area contributed by atoms with Gasteiger partial charge in [0.05, 0.1) is 22.5 Å². The number of aryl methyl sites for hydroxylation is 1. The molecular formula is C14H16N2OS2. The molecule has 1 aromatic heterocycles. The average molecular weight is 292 g/mol. The summed E-state index contributed by atoms with van der Waals surface area (Å²) in [5.74, 6) is -0.0576. The molecular weight excluding hydrogens is 276 g/mol. The molecule has 0 saturated carbocycles. The van der Waals surface area contributed by atoms with Crippen molar-refractivity contribution < 1.29 is 4.79 Å². The lowest BCUT2D eigenvalue weighted by Crippen LogP contribution is -2.32. The van der Waals surface area contributed by atoms with Gasteiger partial charge < -0.3 is 5.32 Å². The van der Waals surface area contributed by atoms with Crippen molar-refractivity contribution in [2.45, 2.75) is 25.1 Å². The van der Waals surface area contributed by atoms with Crippen molar-refractivity contribution in [1.82, 2.24) is 10.3 Å². The molecule has 0 aliphatic carbocycles. The Balaban J connectivity index is 1.82. The SMILES string of the molecule is Cc1nc(CNC(=O)C(S)Cc2ccccc2)cs1. The van der Waals surface area contributed by atoms with Crippen molar-refractivity contribution in [1.29, 1.82) is 0 Å². The maximum atomic E-state index is 11.9. The molecule has 1 N–H and O–H groups in total. The molecule has 1 amide bonds. The quantitative estimate of drug-likeness (QED) is 0.832. The first-order chi connectivity index (χ1) is 9.15. The monoisotopic (exact) mass is 292 g/mol.